The molecule has 1 aliphatic rings. The topological polar surface area (TPSA) is 136 Å². The predicted molar refractivity (Wildman–Crippen MR) is 92.2 cm³/mol. The summed E-state index contributed by atoms with van der Waals surface area (Å²) in [6.07, 6.45) is 5.33. The van der Waals surface area contributed by atoms with Crippen LogP contribution < -0.4 is 11.1 Å². The van der Waals surface area contributed by atoms with Gasteiger partial charge in [0.2, 0.25) is 11.8 Å². The summed E-state index contributed by atoms with van der Waals surface area (Å²) in [5.41, 5.74) is 5.19. The van der Waals surface area contributed by atoms with Crippen molar-refractivity contribution in [2.75, 3.05) is 19.6 Å². The van der Waals surface area contributed by atoms with E-state index in [9.17, 15) is 19.7 Å². The van der Waals surface area contributed by atoms with E-state index >= 15 is 0 Å². The van der Waals surface area contributed by atoms with Crippen LogP contribution in [0.25, 0.3) is 0 Å². The summed E-state index contributed by atoms with van der Waals surface area (Å²) in [4.78, 5) is 35.9. The molecule has 1 unspecified atom stereocenters. The number of hydrogen-bond acceptors (Lipinski definition) is 6. The van der Waals surface area contributed by atoms with Gasteiger partial charge in [-0.1, -0.05) is 0 Å². The maximum Gasteiger partial charge on any atom is 0.307 e. The average molecular weight is 375 g/mol. The standard InChI is InChI=1S/C14H22N6O4.ClH/c15-5-4-13(21)16-7-11-3-1-2-6-19(11)14(22)10-18-9-12(8-17-18)20(23)24;/h8-9,11H,1-7,10,15H2,(H,16,21);1H. The van der Waals surface area contributed by atoms with Gasteiger partial charge in [-0.05, 0) is 19.3 Å². The van der Waals surface area contributed by atoms with Gasteiger partial charge in [-0.2, -0.15) is 5.10 Å². The van der Waals surface area contributed by atoms with Crippen LogP contribution in [0.3, 0.4) is 0 Å². The smallest absolute Gasteiger partial charge is 0.307 e. The summed E-state index contributed by atoms with van der Waals surface area (Å²) < 4.78 is 1.26. The van der Waals surface area contributed by atoms with E-state index in [0.717, 1.165) is 25.5 Å². The van der Waals surface area contributed by atoms with Crippen LogP contribution in [0.15, 0.2) is 12.4 Å². The SMILES string of the molecule is Cl.NCCC(=O)NCC1CCCCN1C(=O)Cn1cc([N+](=O)[O-])cn1. The number of likely N-dealkylation sites (tertiary alicyclic amines) is 1. The van der Waals surface area contributed by atoms with Crippen molar-refractivity contribution in [2.24, 2.45) is 5.73 Å². The first-order valence-corrected chi connectivity index (χ1v) is 7.94. The van der Waals surface area contributed by atoms with Crippen LogP contribution in [-0.4, -0.2) is 57.1 Å². The highest BCUT2D eigenvalue weighted by atomic mass is 35.5. The van der Waals surface area contributed by atoms with Crippen LogP contribution in [0.2, 0.25) is 0 Å². The molecule has 2 heterocycles. The van der Waals surface area contributed by atoms with Crippen molar-refractivity contribution in [1.82, 2.24) is 20.0 Å². The highest BCUT2D eigenvalue weighted by Gasteiger charge is 2.27. The van der Waals surface area contributed by atoms with Gasteiger partial charge in [-0.15, -0.1) is 12.4 Å². The highest BCUT2D eigenvalue weighted by molar-refractivity contribution is 5.85. The molecule has 0 spiro atoms. The number of nitrogens with one attached hydrogen (secondary N) is 1. The number of carbonyl (C=O) groups excluding carboxylic acids is 2. The molecule has 0 aliphatic carbocycles. The van der Waals surface area contributed by atoms with Gasteiger partial charge in [-0.3, -0.25) is 24.4 Å². The number of amides is 2. The number of nitro groups is 1. The Kier molecular flexibility index (Phi) is 8.29. The third-order valence-electron chi connectivity index (χ3n) is 3.98. The second-order valence-corrected chi connectivity index (χ2v) is 5.73. The van der Waals surface area contributed by atoms with Crippen molar-refractivity contribution in [3.05, 3.63) is 22.5 Å². The lowest BCUT2D eigenvalue weighted by molar-refractivity contribution is -0.385. The molecule has 0 radical (unpaired) electrons. The fourth-order valence-corrected chi connectivity index (χ4v) is 2.76. The van der Waals surface area contributed by atoms with E-state index in [-0.39, 0.29) is 55.5 Å². The Hall–Kier alpha value is -2.20. The first-order chi connectivity index (χ1) is 11.5. The van der Waals surface area contributed by atoms with Crippen LogP contribution in [0, 0.1) is 10.1 Å². The Morgan fingerprint density at radius 1 is 1.44 bits per heavy atom. The van der Waals surface area contributed by atoms with E-state index in [1.165, 1.54) is 10.9 Å². The second kappa shape index (κ2) is 9.94. The van der Waals surface area contributed by atoms with E-state index in [1.54, 1.807) is 4.90 Å². The summed E-state index contributed by atoms with van der Waals surface area (Å²) in [5.74, 6) is -0.288. The van der Waals surface area contributed by atoms with E-state index in [4.69, 9.17) is 5.73 Å². The molecule has 0 saturated carbocycles. The maximum atomic E-state index is 12.5. The van der Waals surface area contributed by atoms with Crippen molar-refractivity contribution in [3.63, 3.8) is 0 Å². The maximum absolute atomic E-state index is 12.5. The van der Waals surface area contributed by atoms with E-state index < -0.39 is 4.92 Å². The third kappa shape index (κ3) is 5.98. The Bertz CT molecular complexity index is 608. The molecule has 2 amide bonds. The lowest BCUT2D eigenvalue weighted by Gasteiger charge is -2.36. The number of nitrogens with zero attached hydrogens (tertiary/aromatic N) is 4. The van der Waals surface area contributed by atoms with Crippen molar-refractivity contribution in [1.29, 1.82) is 0 Å². The molecule has 1 aromatic rings. The van der Waals surface area contributed by atoms with Gasteiger partial charge in [0.15, 0.2) is 0 Å². The highest BCUT2D eigenvalue weighted by Crippen LogP contribution is 2.17. The minimum atomic E-state index is -0.551. The molecule has 0 aromatic carbocycles. The van der Waals surface area contributed by atoms with Gasteiger partial charge in [0.1, 0.15) is 18.9 Å². The number of nitrogens with two attached hydrogens (primary N) is 1. The Labute approximate surface area is 151 Å². The molecule has 140 valence electrons. The van der Waals surface area contributed by atoms with E-state index in [0.29, 0.717) is 13.1 Å². The Morgan fingerprint density at radius 3 is 2.84 bits per heavy atom. The Balaban J connectivity index is 0.00000312. The number of halogens is 1. The monoisotopic (exact) mass is 374 g/mol. The van der Waals surface area contributed by atoms with E-state index in [1.807, 2.05) is 0 Å². The van der Waals surface area contributed by atoms with Crippen LogP contribution >= 0.6 is 12.4 Å². The van der Waals surface area contributed by atoms with Gasteiger partial charge in [0, 0.05) is 32.1 Å². The van der Waals surface area contributed by atoms with Crippen LogP contribution in [0.4, 0.5) is 5.69 Å². The fourth-order valence-electron chi connectivity index (χ4n) is 2.76. The lowest BCUT2D eigenvalue weighted by atomic mass is 10.0. The van der Waals surface area contributed by atoms with Crippen LogP contribution in [-0.2, 0) is 16.1 Å². The zero-order valence-corrected chi connectivity index (χ0v) is 14.6. The minimum absolute atomic E-state index is 0. The zero-order chi connectivity index (χ0) is 17.5. The number of carbonyl (C=O) groups is 2. The average Bonchev–Trinajstić information content (AvgIpc) is 3.02. The van der Waals surface area contributed by atoms with E-state index in [2.05, 4.69) is 10.4 Å². The normalized spacial score (nSPS) is 16.8. The molecular weight excluding hydrogens is 352 g/mol. The van der Waals surface area contributed by atoms with Crippen LogP contribution in [0.5, 0.6) is 0 Å². The minimum Gasteiger partial charge on any atom is -0.354 e. The number of piperidine rings is 1. The molecule has 1 aliphatic heterocycles. The predicted octanol–water partition coefficient (Wildman–Crippen LogP) is 0.0592. The molecule has 1 saturated heterocycles. The molecule has 25 heavy (non-hydrogen) atoms. The molecule has 1 atom stereocenters. The van der Waals surface area contributed by atoms with Crippen molar-refractivity contribution in [3.8, 4) is 0 Å². The fraction of sp³-hybridized carbons (Fsp3) is 0.643. The summed E-state index contributed by atoms with van der Waals surface area (Å²) in [7, 11) is 0. The van der Waals surface area contributed by atoms with Gasteiger partial charge in [0.25, 0.3) is 0 Å². The van der Waals surface area contributed by atoms with Gasteiger partial charge >= 0.3 is 5.69 Å². The molecule has 10 nitrogen and oxygen atoms in total. The molecule has 11 heteroatoms. The summed E-state index contributed by atoms with van der Waals surface area (Å²) >= 11 is 0. The molecule has 3 N–H and O–H groups in total. The number of rotatable bonds is 7. The first kappa shape index (κ1) is 20.8. The lowest BCUT2D eigenvalue weighted by Crippen LogP contribution is -2.50. The van der Waals surface area contributed by atoms with Crippen molar-refractivity contribution in [2.45, 2.75) is 38.3 Å². The van der Waals surface area contributed by atoms with Crippen LogP contribution in [0.1, 0.15) is 25.7 Å². The summed E-state index contributed by atoms with van der Waals surface area (Å²) in [6, 6.07) is -0.0708. The molecular formula is C14H23ClN6O4. The molecule has 2 rings (SSSR count). The van der Waals surface area contributed by atoms with Gasteiger partial charge in [0.05, 0.1) is 4.92 Å². The molecule has 1 aromatic heterocycles. The quantitative estimate of drug-likeness (QED) is 0.511. The molecule has 0 bridgehead atoms. The number of hydrogen-bond donors (Lipinski definition) is 2. The summed E-state index contributed by atoms with van der Waals surface area (Å²) in [5, 5.41) is 17.3. The summed E-state index contributed by atoms with van der Waals surface area (Å²) in [6.45, 7) is 1.24. The zero-order valence-electron chi connectivity index (χ0n) is 13.8. The largest absolute Gasteiger partial charge is 0.354 e. The van der Waals surface area contributed by atoms with Gasteiger partial charge in [-0.25, -0.2) is 0 Å². The third-order valence-corrected chi connectivity index (χ3v) is 3.98. The number of aromatic nitrogens is 2. The first-order valence-electron chi connectivity index (χ1n) is 7.94. The van der Waals surface area contributed by atoms with Crippen molar-refractivity contribution >= 4 is 29.9 Å². The van der Waals surface area contributed by atoms with Crippen molar-refractivity contribution < 1.29 is 14.5 Å². The molecule has 1 fully saturated rings. The second-order valence-electron chi connectivity index (χ2n) is 5.73. The Morgan fingerprint density at radius 2 is 2.20 bits per heavy atom. The van der Waals surface area contributed by atoms with Gasteiger partial charge < -0.3 is 16.0 Å².